The summed E-state index contributed by atoms with van der Waals surface area (Å²) in [6.07, 6.45) is 3.76. The van der Waals surface area contributed by atoms with Gasteiger partial charge in [-0.05, 0) is 31.0 Å². The first-order chi connectivity index (χ1) is 13.5. The van der Waals surface area contributed by atoms with Gasteiger partial charge >= 0.3 is 0 Å². The molecule has 0 saturated carbocycles. The fourth-order valence-corrected chi connectivity index (χ4v) is 3.44. The number of carbonyl (C=O) groups is 1. The number of carbonyl (C=O) groups excluding carboxylic acids is 1. The third kappa shape index (κ3) is 4.85. The Morgan fingerprint density at radius 3 is 2.43 bits per heavy atom. The number of hydrogen-bond acceptors (Lipinski definition) is 6. The van der Waals surface area contributed by atoms with Crippen LogP contribution in [0.2, 0.25) is 0 Å². The Morgan fingerprint density at radius 1 is 1.14 bits per heavy atom. The fraction of sp³-hybridized carbons (Fsp3) is 0.476. The molecule has 1 aromatic carbocycles. The highest BCUT2D eigenvalue weighted by atomic mass is 16.2. The molecule has 0 radical (unpaired) electrons. The molecule has 1 fully saturated rings. The van der Waals surface area contributed by atoms with Gasteiger partial charge in [0, 0.05) is 63.8 Å². The molecule has 0 aliphatic carbocycles. The topological polar surface area (TPSA) is 78.6 Å². The van der Waals surface area contributed by atoms with Gasteiger partial charge in [0.15, 0.2) is 0 Å². The molecule has 1 aliphatic heterocycles. The summed E-state index contributed by atoms with van der Waals surface area (Å²) < 4.78 is 0. The largest absolute Gasteiger partial charge is 0.340 e. The fourth-order valence-electron chi connectivity index (χ4n) is 3.44. The van der Waals surface area contributed by atoms with Gasteiger partial charge in [0.05, 0.1) is 6.54 Å². The van der Waals surface area contributed by atoms with Crippen molar-refractivity contribution in [1.82, 2.24) is 19.8 Å². The van der Waals surface area contributed by atoms with Crippen molar-refractivity contribution in [3.05, 3.63) is 42.2 Å². The third-order valence-corrected chi connectivity index (χ3v) is 5.25. The van der Waals surface area contributed by atoms with Crippen molar-refractivity contribution in [2.45, 2.75) is 26.4 Å². The van der Waals surface area contributed by atoms with E-state index in [1.165, 1.54) is 0 Å². The molecule has 1 aromatic heterocycles. The molecule has 7 nitrogen and oxygen atoms in total. The molecule has 0 bridgehead atoms. The van der Waals surface area contributed by atoms with Crippen LogP contribution in [0.25, 0.3) is 11.1 Å². The van der Waals surface area contributed by atoms with E-state index in [-0.39, 0.29) is 12.5 Å². The zero-order valence-electron chi connectivity index (χ0n) is 17.0. The maximum absolute atomic E-state index is 11.7. The number of anilines is 1. The van der Waals surface area contributed by atoms with Gasteiger partial charge in [-0.3, -0.25) is 9.69 Å². The van der Waals surface area contributed by atoms with E-state index in [4.69, 9.17) is 5.73 Å². The monoisotopic (exact) mass is 382 g/mol. The maximum Gasteiger partial charge on any atom is 0.236 e. The minimum atomic E-state index is -0.0735. The van der Waals surface area contributed by atoms with Gasteiger partial charge in [-0.1, -0.05) is 18.2 Å². The number of benzene rings is 1. The minimum absolute atomic E-state index is 0.0247. The number of piperazine rings is 1. The van der Waals surface area contributed by atoms with E-state index >= 15 is 0 Å². The second-order valence-corrected chi connectivity index (χ2v) is 7.54. The Kier molecular flexibility index (Phi) is 6.59. The number of amides is 1. The summed E-state index contributed by atoms with van der Waals surface area (Å²) in [5.41, 5.74) is 8.50. The zero-order chi connectivity index (χ0) is 20.1. The minimum Gasteiger partial charge on any atom is -0.340 e. The van der Waals surface area contributed by atoms with E-state index in [2.05, 4.69) is 39.7 Å². The van der Waals surface area contributed by atoms with Crippen LogP contribution >= 0.6 is 0 Å². The van der Waals surface area contributed by atoms with E-state index in [0.29, 0.717) is 12.6 Å². The first-order valence-electron chi connectivity index (χ1n) is 9.82. The quantitative estimate of drug-likeness (QED) is 0.817. The van der Waals surface area contributed by atoms with E-state index in [1.807, 2.05) is 30.6 Å². The molecular weight excluding hydrogens is 352 g/mol. The second-order valence-electron chi connectivity index (χ2n) is 7.54. The number of likely N-dealkylation sites (N-methyl/N-ethyl adjacent to an activating group) is 1. The summed E-state index contributed by atoms with van der Waals surface area (Å²) in [4.78, 5) is 27.2. The molecule has 1 saturated heterocycles. The zero-order valence-corrected chi connectivity index (χ0v) is 17.0. The molecule has 0 unspecified atom stereocenters. The van der Waals surface area contributed by atoms with Gasteiger partial charge in [-0.2, -0.15) is 0 Å². The summed E-state index contributed by atoms with van der Waals surface area (Å²) in [7, 11) is 1.76. The van der Waals surface area contributed by atoms with Gasteiger partial charge in [0.2, 0.25) is 11.9 Å². The summed E-state index contributed by atoms with van der Waals surface area (Å²) in [5.74, 6) is 0.715. The third-order valence-electron chi connectivity index (χ3n) is 5.25. The predicted octanol–water partition coefficient (Wildman–Crippen LogP) is 1.59. The van der Waals surface area contributed by atoms with Crippen molar-refractivity contribution >= 4 is 11.9 Å². The molecule has 28 heavy (non-hydrogen) atoms. The Balaban J connectivity index is 1.67. The van der Waals surface area contributed by atoms with Crippen LogP contribution in [0.3, 0.4) is 0 Å². The van der Waals surface area contributed by atoms with Crippen molar-refractivity contribution < 1.29 is 4.79 Å². The van der Waals surface area contributed by atoms with Crippen LogP contribution in [-0.4, -0.2) is 71.5 Å². The summed E-state index contributed by atoms with van der Waals surface area (Å²) in [6.45, 7) is 9.01. The van der Waals surface area contributed by atoms with Crippen LogP contribution in [0.15, 0.2) is 36.7 Å². The van der Waals surface area contributed by atoms with Gasteiger partial charge in [0.1, 0.15) is 0 Å². The number of hydrogen-bond donors (Lipinski definition) is 1. The molecule has 2 N–H and O–H groups in total. The van der Waals surface area contributed by atoms with Gasteiger partial charge in [-0.15, -0.1) is 0 Å². The van der Waals surface area contributed by atoms with E-state index in [9.17, 15) is 4.79 Å². The highest BCUT2D eigenvalue weighted by molar-refractivity contribution is 5.77. The molecular formula is C21H30N6O. The Labute approximate surface area is 167 Å². The van der Waals surface area contributed by atoms with Crippen LogP contribution in [0.4, 0.5) is 5.95 Å². The molecule has 3 rings (SSSR count). The lowest BCUT2D eigenvalue weighted by Crippen LogP contribution is -2.49. The SMILES string of the molecule is CC(C)N1CCN(c2ncc(-c3cccc(CN(C)C(=O)CN)c3)cn2)CC1. The molecule has 0 atom stereocenters. The summed E-state index contributed by atoms with van der Waals surface area (Å²) >= 11 is 0. The summed E-state index contributed by atoms with van der Waals surface area (Å²) in [6, 6.07) is 8.68. The number of rotatable bonds is 6. The number of nitrogens with two attached hydrogens (primary N) is 1. The lowest BCUT2D eigenvalue weighted by atomic mass is 10.1. The Bertz CT molecular complexity index is 784. The van der Waals surface area contributed by atoms with Gasteiger partial charge in [0.25, 0.3) is 0 Å². The van der Waals surface area contributed by atoms with Crippen molar-refractivity contribution in [2.24, 2.45) is 5.73 Å². The smallest absolute Gasteiger partial charge is 0.236 e. The van der Waals surface area contributed by atoms with Crippen LogP contribution in [0.1, 0.15) is 19.4 Å². The molecule has 150 valence electrons. The Hall–Kier alpha value is -2.51. The second kappa shape index (κ2) is 9.12. The van der Waals surface area contributed by atoms with Crippen molar-refractivity contribution in [1.29, 1.82) is 0 Å². The van der Waals surface area contributed by atoms with Crippen LogP contribution in [0, 0.1) is 0 Å². The first kappa shape index (κ1) is 20.2. The van der Waals surface area contributed by atoms with Crippen molar-refractivity contribution in [3.8, 4) is 11.1 Å². The average molecular weight is 383 g/mol. The number of nitrogens with zero attached hydrogens (tertiary/aromatic N) is 5. The number of aromatic nitrogens is 2. The lowest BCUT2D eigenvalue weighted by Gasteiger charge is -2.36. The standard InChI is InChI=1S/C21H30N6O/c1-16(2)26-7-9-27(10-8-26)21-23-13-19(14-24-21)18-6-4-5-17(11-18)15-25(3)20(28)12-22/h4-6,11,13-14,16H,7-10,12,15,22H2,1-3H3. The highest BCUT2D eigenvalue weighted by Crippen LogP contribution is 2.21. The first-order valence-corrected chi connectivity index (χ1v) is 9.82. The van der Waals surface area contributed by atoms with E-state index < -0.39 is 0 Å². The van der Waals surface area contributed by atoms with Crippen LogP contribution in [-0.2, 0) is 11.3 Å². The summed E-state index contributed by atoms with van der Waals surface area (Å²) in [5, 5.41) is 0. The highest BCUT2D eigenvalue weighted by Gasteiger charge is 2.20. The molecule has 7 heteroatoms. The molecule has 0 spiro atoms. The van der Waals surface area contributed by atoms with Crippen molar-refractivity contribution in [2.75, 3.05) is 44.7 Å². The molecule has 2 aromatic rings. The maximum atomic E-state index is 11.7. The molecule has 1 amide bonds. The van der Waals surface area contributed by atoms with Gasteiger partial charge in [-0.25, -0.2) is 9.97 Å². The lowest BCUT2D eigenvalue weighted by molar-refractivity contribution is -0.128. The van der Waals surface area contributed by atoms with E-state index in [1.54, 1.807) is 11.9 Å². The van der Waals surface area contributed by atoms with E-state index in [0.717, 1.165) is 48.8 Å². The van der Waals surface area contributed by atoms with Crippen LogP contribution in [0.5, 0.6) is 0 Å². The molecule has 2 heterocycles. The predicted molar refractivity (Wildman–Crippen MR) is 112 cm³/mol. The van der Waals surface area contributed by atoms with Crippen LogP contribution < -0.4 is 10.6 Å². The van der Waals surface area contributed by atoms with Crippen molar-refractivity contribution in [3.63, 3.8) is 0 Å². The Morgan fingerprint density at radius 2 is 1.82 bits per heavy atom. The normalized spacial score (nSPS) is 15.1. The average Bonchev–Trinajstić information content (AvgIpc) is 2.73. The molecule has 1 aliphatic rings. The van der Waals surface area contributed by atoms with Gasteiger partial charge < -0.3 is 15.5 Å².